The fourth-order valence-electron chi connectivity index (χ4n) is 1.27. The summed E-state index contributed by atoms with van der Waals surface area (Å²) in [5.74, 6) is 1.13. The highest BCUT2D eigenvalue weighted by molar-refractivity contribution is 6.28. The summed E-state index contributed by atoms with van der Waals surface area (Å²) in [6, 6.07) is 0. The van der Waals surface area contributed by atoms with Gasteiger partial charge in [-0.15, -0.1) is 0 Å². The van der Waals surface area contributed by atoms with Gasteiger partial charge in [-0.2, -0.15) is 15.0 Å². The van der Waals surface area contributed by atoms with Gasteiger partial charge in [-0.25, -0.2) is 0 Å². The van der Waals surface area contributed by atoms with E-state index in [4.69, 9.17) is 16.3 Å². The molecule has 0 aliphatic rings. The molecule has 0 saturated heterocycles. The molecule has 96 valence electrons. The van der Waals surface area contributed by atoms with Crippen LogP contribution in [0, 0.1) is 0 Å². The maximum atomic E-state index is 5.88. The van der Waals surface area contributed by atoms with Crippen molar-refractivity contribution in [3.63, 3.8) is 0 Å². The van der Waals surface area contributed by atoms with Crippen molar-refractivity contribution in [2.75, 3.05) is 50.7 Å². The first-order valence-electron chi connectivity index (χ1n) is 5.41. The second kappa shape index (κ2) is 6.56. The monoisotopic (exact) mass is 259 g/mol. The highest BCUT2D eigenvalue weighted by Crippen LogP contribution is 2.14. The van der Waals surface area contributed by atoms with Crippen molar-refractivity contribution in [1.29, 1.82) is 0 Å². The molecule has 7 heteroatoms. The lowest BCUT2D eigenvalue weighted by Crippen LogP contribution is -2.29. The molecule has 1 aromatic heterocycles. The molecule has 0 spiro atoms. The van der Waals surface area contributed by atoms with E-state index in [0.29, 0.717) is 18.5 Å². The molecule has 6 nitrogen and oxygen atoms in total. The van der Waals surface area contributed by atoms with Gasteiger partial charge in [0.25, 0.3) is 0 Å². The molecular weight excluding hydrogens is 242 g/mol. The highest BCUT2D eigenvalue weighted by atomic mass is 35.5. The summed E-state index contributed by atoms with van der Waals surface area (Å²) in [6.45, 7) is 4.16. The van der Waals surface area contributed by atoms with Crippen molar-refractivity contribution in [2.45, 2.75) is 6.92 Å². The largest absolute Gasteiger partial charge is 0.383 e. The third-order valence-corrected chi connectivity index (χ3v) is 2.38. The Morgan fingerprint density at radius 2 is 1.82 bits per heavy atom. The van der Waals surface area contributed by atoms with Crippen LogP contribution in [0.2, 0.25) is 5.28 Å². The standard InChI is InChI=1S/C10H18ClN5O/c1-5-16(6-7-17-4)10-13-8(11)12-9(14-10)15(2)3/h5-7H2,1-4H3. The van der Waals surface area contributed by atoms with Gasteiger partial charge in [0.05, 0.1) is 6.61 Å². The molecule has 0 aromatic carbocycles. The number of aromatic nitrogens is 3. The van der Waals surface area contributed by atoms with E-state index in [-0.39, 0.29) is 5.28 Å². The average molecular weight is 260 g/mol. The van der Waals surface area contributed by atoms with Crippen LogP contribution in [0.1, 0.15) is 6.92 Å². The predicted octanol–water partition coefficient (Wildman–Crippen LogP) is 1.06. The lowest BCUT2D eigenvalue weighted by Gasteiger charge is -2.21. The molecule has 0 unspecified atom stereocenters. The van der Waals surface area contributed by atoms with Gasteiger partial charge in [0.15, 0.2) is 0 Å². The molecule has 17 heavy (non-hydrogen) atoms. The Balaban J connectivity index is 2.94. The van der Waals surface area contributed by atoms with Crippen molar-refractivity contribution in [3.05, 3.63) is 5.28 Å². The Hall–Kier alpha value is -1.14. The van der Waals surface area contributed by atoms with Crippen molar-refractivity contribution in [2.24, 2.45) is 0 Å². The van der Waals surface area contributed by atoms with E-state index in [9.17, 15) is 0 Å². The molecule has 1 aromatic rings. The van der Waals surface area contributed by atoms with Gasteiger partial charge in [-0.05, 0) is 18.5 Å². The molecule has 0 amide bonds. The summed E-state index contributed by atoms with van der Waals surface area (Å²) in [5, 5.41) is 0.203. The van der Waals surface area contributed by atoms with Gasteiger partial charge in [0.1, 0.15) is 0 Å². The van der Waals surface area contributed by atoms with E-state index in [0.717, 1.165) is 13.1 Å². The van der Waals surface area contributed by atoms with Gasteiger partial charge in [-0.3, -0.25) is 0 Å². The van der Waals surface area contributed by atoms with Crippen LogP contribution in [0.15, 0.2) is 0 Å². The van der Waals surface area contributed by atoms with E-state index in [1.165, 1.54) is 0 Å². The normalized spacial score (nSPS) is 10.4. The van der Waals surface area contributed by atoms with E-state index >= 15 is 0 Å². The number of ether oxygens (including phenoxy) is 1. The van der Waals surface area contributed by atoms with E-state index in [2.05, 4.69) is 15.0 Å². The molecule has 0 bridgehead atoms. The third kappa shape index (κ3) is 3.98. The molecule has 0 radical (unpaired) electrons. The molecule has 1 rings (SSSR count). The summed E-state index contributed by atoms with van der Waals surface area (Å²) in [7, 11) is 5.39. The fraction of sp³-hybridized carbons (Fsp3) is 0.700. The summed E-state index contributed by atoms with van der Waals surface area (Å²) < 4.78 is 5.05. The Kier molecular flexibility index (Phi) is 5.37. The number of anilines is 2. The van der Waals surface area contributed by atoms with Crippen LogP contribution in [0.5, 0.6) is 0 Å². The van der Waals surface area contributed by atoms with Crippen molar-refractivity contribution in [1.82, 2.24) is 15.0 Å². The average Bonchev–Trinajstić information content (AvgIpc) is 2.29. The van der Waals surface area contributed by atoms with Crippen molar-refractivity contribution >= 4 is 23.5 Å². The van der Waals surface area contributed by atoms with Gasteiger partial charge in [0.2, 0.25) is 17.2 Å². The van der Waals surface area contributed by atoms with Crippen LogP contribution in [-0.4, -0.2) is 55.9 Å². The Bertz CT molecular complexity index is 361. The smallest absolute Gasteiger partial charge is 0.231 e. The van der Waals surface area contributed by atoms with Gasteiger partial charge in [-0.1, -0.05) is 0 Å². The Morgan fingerprint density at radius 1 is 1.18 bits per heavy atom. The summed E-state index contributed by atoms with van der Waals surface area (Å²) >= 11 is 5.88. The van der Waals surface area contributed by atoms with E-state index in [1.54, 1.807) is 12.0 Å². The second-order valence-corrected chi connectivity index (χ2v) is 4.01. The van der Waals surface area contributed by atoms with Crippen molar-refractivity contribution < 1.29 is 4.74 Å². The zero-order valence-electron chi connectivity index (χ0n) is 10.6. The van der Waals surface area contributed by atoms with Gasteiger partial charge >= 0.3 is 0 Å². The Labute approximate surface area is 107 Å². The summed E-state index contributed by atoms with van der Waals surface area (Å²) in [5.41, 5.74) is 0. The predicted molar refractivity (Wildman–Crippen MR) is 68.9 cm³/mol. The Morgan fingerprint density at radius 3 is 2.35 bits per heavy atom. The zero-order chi connectivity index (χ0) is 12.8. The van der Waals surface area contributed by atoms with Crippen molar-refractivity contribution in [3.8, 4) is 0 Å². The molecular formula is C10H18ClN5O. The molecule has 0 aliphatic carbocycles. The lowest BCUT2D eigenvalue weighted by molar-refractivity contribution is 0.205. The molecule has 0 N–H and O–H groups in total. The number of rotatable bonds is 6. The van der Waals surface area contributed by atoms with Crippen LogP contribution in [0.3, 0.4) is 0 Å². The van der Waals surface area contributed by atoms with Crippen LogP contribution in [-0.2, 0) is 4.74 Å². The van der Waals surface area contributed by atoms with Crippen LogP contribution < -0.4 is 9.80 Å². The molecule has 0 atom stereocenters. The molecule has 0 saturated carbocycles. The third-order valence-electron chi connectivity index (χ3n) is 2.21. The first-order chi connectivity index (χ1) is 8.08. The van der Waals surface area contributed by atoms with Gasteiger partial charge < -0.3 is 14.5 Å². The van der Waals surface area contributed by atoms with Crippen LogP contribution >= 0.6 is 11.6 Å². The van der Waals surface area contributed by atoms with E-state index in [1.807, 2.05) is 25.9 Å². The topological polar surface area (TPSA) is 54.4 Å². The minimum atomic E-state index is 0.203. The SMILES string of the molecule is CCN(CCOC)c1nc(Cl)nc(N(C)C)n1. The number of hydrogen-bond acceptors (Lipinski definition) is 6. The van der Waals surface area contributed by atoms with Crippen LogP contribution in [0.25, 0.3) is 0 Å². The highest BCUT2D eigenvalue weighted by Gasteiger charge is 2.12. The number of nitrogens with zero attached hydrogens (tertiary/aromatic N) is 5. The fourth-order valence-corrected chi connectivity index (χ4v) is 1.42. The summed E-state index contributed by atoms with van der Waals surface area (Å²) in [4.78, 5) is 16.3. The van der Waals surface area contributed by atoms with Gasteiger partial charge in [0, 0.05) is 34.3 Å². The first-order valence-corrected chi connectivity index (χ1v) is 5.79. The minimum absolute atomic E-state index is 0.203. The number of halogens is 1. The number of likely N-dealkylation sites (N-methyl/N-ethyl adjacent to an activating group) is 1. The zero-order valence-corrected chi connectivity index (χ0v) is 11.4. The first kappa shape index (κ1) is 13.9. The number of hydrogen-bond donors (Lipinski definition) is 0. The second-order valence-electron chi connectivity index (χ2n) is 3.67. The number of methoxy groups -OCH3 is 1. The maximum absolute atomic E-state index is 5.88. The molecule has 1 heterocycles. The maximum Gasteiger partial charge on any atom is 0.231 e. The minimum Gasteiger partial charge on any atom is -0.383 e. The lowest BCUT2D eigenvalue weighted by atomic mass is 10.5. The molecule has 0 fully saturated rings. The van der Waals surface area contributed by atoms with E-state index < -0.39 is 0 Å². The molecule has 0 aliphatic heterocycles. The quantitative estimate of drug-likeness (QED) is 0.762. The summed E-state index contributed by atoms with van der Waals surface area (Å²) in [6.07, 6.45) is 0. The van der Waals surface area contributed by atoms with Crippen LogP contribution in [0.4, 0.5) is 11.9 Å².